The van der Waals surface area contributed by atoms with Crippen LogP contribution in [0.2, 0.25) is 10.0 Å². The van der Waals surface area contributed by atoms with E-state index < -0.39 is 35.5 Å². The molecule has 0 aliphatic carbocycles. The van der Waals surface area contributed by atoms with E-state index in [9.17, 15) is 19.5 Å². The third-order valence-electron chi connectivity index (χ3n) is 7.35. The lowest BCUT2D eigenvalue weighted by Crippen LogP contribution is -2.59. The van der Waals surface area contributed by atoms with Crippen molar-refractivity contribution in [1.82, 2.24) is 15.5 Å². The maximum absolute atomic E-state index is 13.9. The number of aliphatic hydroxyl groups is 1. The second-order valence-electron chi connectivity index (χ2n) is 11.8. The Morgan fingerprint density at radius 3 is 2.02 bits per heavy atom. The van der Waals surface area contributed by atoms with E-state index in [1.54, 1.807) is 18.2 Å². The molecule has 0 radical (unpaired) electrons. The summed E-state index contributed by atoms with van der Waals surface area (Å²) < 4.78 is 0. The average Bonchev–Trinajstić information content (AvgIpc) is 2.99. The standard InChI is InChI=1S/C34H41Cl2N3O4S/c1-34(2,3)31(29(40)19-11-16-24-14-7-9-17-26(24)35)39(22-44)32(42)30(41)28(20-23-12-5-4-6-13-23)38-33(43)37-21-25-15-8-10-18-27(25)36/h4-10,12-15,17-18,28,30-31,41,44H,11,16,19-22H2,1-3H3,(H2,37,38,43)/t28?,30-,31+/m0/s1. The largest absolute Gasteiger partial charge is 0.381 e. The van der Waals surface area contributed by atoms with Gasteiger partial charge in [0.05, 0.1) is 18.0 Å². The van der Waals surface area contributed by atoms with Crippen molar-refractivity contribution in [3.8, 4) is 0 Å². The number of benzene rings is 3. The van der Waals surface area contributed by atoms with Crippen LogP contribution in [0.15, 0.2) is 78.9 Å². The number of thiol groups is 1. The van der Waals surface area contributed by atoms with Crippen molar-refractivity contribution in [1.29, 1.82) is 0 Å². The van der Waals surface area contributed by atoms with Crippen LogP contribution in [0.4, 0.5) is 4.79 Å². The molecule has 3 atom stereocenters. The van der Waals surface area contributed by atoms with Gasteiger partial charge in [-0.1, -0.05) is 111 Å². The van der Waals surface area contributed by atoms with Crippen molar-refractivity contribution in [2.75, 3.05) is 5.88 Å². The van der Waals surface area contributed by atoms with Gasteiger partial charge in [0.25, 0.3) is 5.91 Å². The van der Waals surface area contributed by atoms with Gasteiger partial charge >= 0.3 is 6.03 Å². The van der Waals surface area contributed by atoms with Gasteiger partial charge < -0.3 is 20.6 Å². The number of rotatable bonds is 14. The van der Waals surface area contributed by atoms with Crippen LogP contribution >= 0.6 is 35.8 Å². The van der Waals surface area contributed by atoms with Crippen LogP contribution in [0.1, 0.15) is 50.3 Å². The van der Waals surface area contributed by atoms with E-state index in [4.69, 9.17) is 23.2 Å². The maximum atomic E-state index is 13.9. The summed E-state index contributed by atoms with van der Waals surface area (Å²) in [6.45, 7) is 5.79. The van der Waals surface area contributed by atoms with Crippen molar-refractivity contribution < 1.29 is 19.5 Å². The van der Waals surface area contributed by atoms with Gasteiger partial charge in [0.1, 0.15) is 0 Å². The Morgan fingerprint density at radius 2 is 1.45 bits per heavy atom. The van der Waals surface area contributed by atoms with E-state index >= 15 is 0 Å². The zero-order chi connectivity index (χ0) is 32.3. The maximum Gasteiger partial charge on any atom is 0.315 e. The molecule has 3 aromatic rings. The molecule has 7 nitrogen and oxygen atoms in total. The van der Waals surface area contributed by atoms with Crippen molar-refractivity contribution in [2.45, 2.75) is 71.2 Å². The minimum Gasteiger partial charge on any atom is -0.381 e. The molecule has 3 amide bonds. The smallest absolute Gasteiger partial charge is 0.315 e. The lowest BCUT2D eigenvalue weighted by atomic mass is 9.81. The number of hydrogen-bond donors (Lipinski definition) is 4. The SMILES string of the molecule is CC(C)(C)[C@@H](C(=O)CCCc1ccccc1Cl)N(CS)C(=O)[C@@H](O)C(Cc1ccccc1)NC(=O)NCc1ccccc1Cl. The number of amides is 3. The molecular formula is C34H41Cl2N3O4S. The van der Waals surface area contributed by atoms with E-state index in [2.05, 4.69) is 23.3 Å². The van der Waals surface area contributed by atoms with Gasteiger partial charge in [0.15, 0.2) is 11.9 Å². The van der Waals surface area contributed by atoms with Crippen LogP contribution in [-0.4, -0.2) is 51.8 Å². The summed E-state index contributed by atoms with van der Waals surface area (Å²) in [6.07, 6.45) is -0.0760. The molecule has 3 aromatic carbocycles. The predicted molar refractivity (Wildman–Crippen MR) is 180 cm³/mol. The molecule has 1 unspecified atom stereocenters. The zero-order valence-electron chi connectivity index (χ0n) is 25.3. The highest BCUT2D eigenvalue weighted by Crippen LogP contribution is 2.29. The molecule has 3 rings (SSSR count). The van der Waals surface area contributed by atoms with Crippen molar-refractivity contribution in [2.24, 2.45) is 5.41 Å². The molecule has 0 aliphatic rings. The van der Waals surface area contributed by atoms with Gasteiger partial charge in [-0.2, -0.15) is 12.6 Å². The second kappa shape index (κ2) is 16.9. The quantitative estimate of drug-likeness (QED) is 0.118. The van der Waals surface area contributed by atoms with E-state index in [-0.39, 0.29) is 31.0 Å². The zero-order valence-corrected chi connectivity index (χ0v) is 27.7. The number of ketones is 1. The van der Waals surface area contributed by atoms with Gasteiger partial charge in [-0.15, -0.1) is 0 Å². The highest BCUT2D eigenvalue weighted by molar-refractivity contribution is 7.80. The fourth-order valence-corrected chi connectivity index (χ4v) is 5.92. The fourth-order valence-electron chi connectivity index (χ4n) is 5.18. The van der Waals surface area contributed by atoms with Crippen LogP contribution in [0, 0.1) is 5.41 Å². The number of aliphatic hydroxyl groups excluding tert-OH is 1. The van der Waals surface area contributed by atoms with E-state index in [0.29, 0.717) is 22.9 Å². The second-order valence-corrected chi connectivity index (χ2v) is 12.9. The number of urea groups is 1. The monoisotopic (exact) mass is 657 g/mol. The molecule has 44 heavy (non-hydrogen) atoms. The minimum atomic E-state index is -1.64. The summed E-state index contributed by atoms with van der Waals surface area (Å²) >= 11 is 16.9. The predicted octanol–water partition coefficient (Wildman–Crippen LogP) is 6.49. The van der Waals surface area contributed by atoms with Crippen LogP contribution in [-0.2, 0) is 29.0 Å². The lowest BCUT2D eigenvalue weighted by molar-refractivity contribution is -0.150. The number of Topliss-reactive ketones (excluding diaryl/α,β-unsaturated/α-hetero) is 1. The van der Waals surface area contributed by atoms with Crippen molar-refractivity contribution >= 4 is 53.6 Å². The number of hydrogen-bond acceptors (Lipinski definition) is 5. The highest BCUT2D eigenvalue weighted by Gasteiger charge is 2.41. The number of carbonyl (C=O) groups is 3. The fraction of sp³-hybridized carbons (Fsp3) is 0.382. The molecule has 3 N–H and O–H groups in total. The van der Waals surface area contributed by atoms with Crippen LogP contribution in [0.3, 0.4) is 0 Å². The highest BCUT2D eigenvalue weighted by atomic mass is 35.5. The Kier molecular flexibility index (Phi) is 13.6. The molecule has 10 heteroatoms. The van der Waals surface area contributed by atoms with Crippen molar-refractivity contribution in [3.05, 3.63) is 106 Å². The Bertz CT molecular complexity index is 1400. The Morgan fingerprint density at radius 1 is 0.886 bits per heavy atom. The normalized spacial score (nSPS) is 13.4. The molecule has 0 spiro atoms. The molecule has 0 aliphatic heterocycles. The van der Waals surface area contributed by atoms with Crippen LogP contribution in [0.25, 0.3) is 0 Å². The molecule has 0 heterocycles. The molecule has 0 aromatic heterocycles. The van der Waals surface area contributed by atoms with Crippen LogP contribution in [0.5, 0.6) is 0 Å². The first-order valence-corrected chi connectivity index (χ1v) is 16.0. The summed E-state index contributed by atoms with van der Waals surface area (Å²) in [5.41, 5.74) is 1.85. The Hall–Kier alpha value is -3.04. The lowest BCUT2D eigenvalue weighted by Gasteiger charge is -2.40. The number of carbonyl (C=O) groups excluding carboxylic acids is 3. The molecule has 0 fully saturated rings. The first kappa shape index (κ1) is 35.4. The summed E-state index contributed by atoms with van der Waals surface area (Å²) in [4.78, 5) is 41.8. The first-order chi connectivity index (χ1) is 20.9. The molecule has 0 bridgehead atoms. The van der Waals surface area contributed by atoms with E-state index in [1.807, 2.05) is 81.4 Å². The molecule has 0 saturated carbocycles. The first-order valence-electron chi connectivity index (χ1n) is 14.6. The van der Waals surface area contributed by atoms with E-state index in [0.717, 1.165) is 16.7 Å². The summed E-state index contributed by atoms with van der Waals surface area (Å²) in [5.74, 6) is -0.916. The average molecular weight is 659 g/mol. The molecular weight excluding hydrogens is 617 g/mol. The van der Waals surface area contributed by atoms with Crippen LogP contribution < -0.4 is 10.6 Å². The molecule has 236 valence electrons. The molecule has 0 saturated heterocycles. The minimum absolute atomic E-state index is 0.0924. The Labute approximate surface area is 275 Å². The third kappa shape index (κ3) is 10.3. The number of nitrogens with one attached hydrogen (secondary N) is 2. The summed E-state index contributed by atoms with van der Waals surface area (Å²) in [6, 6.07) is 21.5. The van der Waals surface area contributed by atoms with Gasteiger partial charge in [0.2, 0.25) is 0 Å². The van der Waals surface area contributed by atoms with Gasteiger partial charge in [-0.3, -0.25) is 9.59 Å². The van der Waals surface area contributed by atoms with E-state index in [1.165, 1.54) is 4.90 Å². The van der Waals surface area contributed by atoms with Gasteiger partial charge in [-0.25, -0.2) is 4.79 Å². The number of nitrogens with zero attached hydrogens (tertiary/aromatic N) is 1. The topological polar surface area (TPSA) is 98.7 Å². The van der Waals surface area contributed by atoms with Crippen molar-refractivity contribution in [3.63, 3.8) is 0 Å². The van der Waals surface area contributed by atoms with Gasteiger partial charge in [0, 0.05) is 23.0 Å². The summed E-state index contributed by atoms with van der Waals surface area (Å²) in [5, 5.41) is 18.1. The Balaban J connectivity index is 1.77. The summed E-state index contributed by atoms with van der Waals surface area (Å²) in [7, 11) is 0. The number of halogens is 2. The number of aryl methyl sites for hydroxylation is 1. The van der Waals surface area contributed by atoms with Gasteiger partial charge in [-0.05, 0) is 53.5 Å². The third-order valence-corrected chi connectivity index (χ3v) is 8.39.